The zero-order chi connectivity index (χ0) is 19.3. The monoisotopic (exact) mass is 395 g/mol. The molecule has 0 aliphatic carbocycles. The molecule has 6 atom stereocenters. The summed E-state index contributed by atoms with van der Waals surface area (Å²) in [5.41, 5.74) is 0.150. The summed E-state index contributed by atoms with van der Waals surface area (Å²) >= 11 is 1.65. The maximum Gasteiger partial charge on any atom is 0.353 e. The Hall–Kier alpha value is -1.09. The first kappa shape index (κ1) is 19.2. The van der Waals surface area contributed by atoms with E-state index in [-0.39, 0.29) is 23.6 Å². The molecule has 7 nitrogen and oxygen atoms in total. The average molecular weight is 396 g/mol. The Balaban J connectivity index is 1.48. The fourth-order valence-electron chi connectivity index (χ4n) is 5.19. The number of β-lactam (4-membered cyclic amide) rings is 1. The first-order valence-electron chi connectivity index (χ1n) is 10.00. The summed E-state index contributed by atoms with van der Waals surface area (Å²) in [5.74, 6) is -1.81. The number of carboxylic acid groups (broad SMARTS) is 1. The highest BCUT2D eigenvalue weighted by Crippen LogP contribution is 2.52. The normalized spacial score (nSPS) is 38.1. The number of nitrogens with zero attached hydrogens (tertiary/aromatic N) is 2. The van der Waals surface area contributed by atoms with E-state index in [9.17, 15) is 19.8 Å². The van der Waals surface area contributed by atoms with Gasteiger partial charge >= 0.3 is 5.97 Å². The highest BCUT2D eigenvalue weighted by atomic mass is 32.2. The zero-order valence-corrected chi connectivity index (χ0v) is 16.7. The maximum atomic E-state index is 12.4. The van der Waals surface area contributed by atoms with Crippen molar-refractivity contribution in [2.24, 2.45) is 11.8 Å². The molecular formula is C19H29N3O4S. The minimum absolute atomic E-state index is 0.0382. The summed E-state index contributed by atoms with van der Waals surface area (Å²) in [6, 6.07) is 0.366. The molecule has 4 rings (SSSR count). The van der Waals surface area contributed by atoms with Crippen molar-refractivity contribution in [3.63, 3.8) is 0 Å². The predicted molar refractivity (Wildman–Crippen MR) is 103 cm³/mol. The molecule has 0 bridgehead atoms. The summed E-state index contributed by atoms with van der Waals surface area (Å²) < 4.78 is 0. The number of aliphatic hydroxyl groups excluding tert-OH is 1. The number of amides is 1. The lowest BCUT2D eigenvalue weighted by Crippen LogP contribution is -2.63. The molecule has 1 amide bonds. The average Bonchev–Trinajstić information content (AvgIpc) is 3.18. The van der Waals surface area contributed by atoms with Crippen LogP contribution in [0, 0.1) is 11.8 Å². The summed E-state index contributed by atoms with van der Waals surface area (Å²) in [6.07, 6.45) is 2.73. The lowest BCUT2D eigenvalue weighted by molar-refractivity contribution is -0.163. The molecule has 4 heterocycles. The lowest BCUT2D eigenvalue weighted by Gasteiger charge is -2.46. The third-order valence-electron chi connectivity index (χ3n) is 6.57. The molecule has 3 N–H and O–H groups in total. The van der Waals surface area contributed by atoms with Crippen LogP contribution in [0.5, 0.6) is 0 Å². The number of carbonyl (C=O) groups is 2. The number of carbonyl (C=O) groups excluding carboxylic acids is 1. The van der Waals surface area contributed by atoms with Crippen molar-refractivity contribution in [2.45, 2.75) is 56.5 Å². The number of aliphatic hydroxyl groups is 1. The molecule has 4 aliphatic rings. The van der Waals surface area contributed by atoms with Crippen LogP contribution in [0.15, 0.2) is 10.6 Å². The van der Waals surface area contributed by atoms with Crippen molar-refractivity contribution in [2.75, 3.05) is 26.2 Å². The first-order chi connectivity index (χ1) is 12.9. The van der Waals surface area contributed by atoms with Crippen LogP contribution in [0.25, 0.3) is 0 Å². The molecule has 3 saturated heterocycles. The summed E-state index contributed by atoms with van der Waals surface area (Å²) in [4.78, 5) is 29.1. The van der Waals surface area contributed by atoms with Crippen LogP contribution in [0.1, 0.15) is 33.1 Å². The van der Waals surface area contributed by atoms with E-state index in [1.165, 1.54) is 17.7 Å². The minimum atomic E-state index is -1.03. The molecule has 2 unspecified atom stereocenters. The van der Waals surface area contributed by atoms with E-state index in [0.29, 0.717) is 11.3 Å². The van der Waals surface area contributed by atoms with E-state index in [1.54, 1.807) is 18.7 Å². The number of carboxylic acids is 1. The number of hydrogen-bond donors (Lipinski definition) is 3. The van der Waals surface area contributed by atoms with Gasteiger partial charge < -0.3 is 20.4 Å². The van der Waals surface area contributed by atoms with Gasteiger partial charge in [0.1, 0.15) is 5.70 Å². The number of nitrogens with one attached hydrogen (secondary N) is 1. The van der Waals surface area contributed by atoms with E-state index >= 15 is 0 Å². The van der Waals surface area contributed by atoms with Gasteiger partial charge in [0.2, 0.25) is 5.91 Å². The number of rotatable bonds is 5. The van der Waals surface area contributed by atoms with Gasteiger partial charge in [-0.2, -0.15) is 0 Å². The second-order valence-electron chi connectivity index (χ2n) is 8.30. The third-order valence-corrected chi connectivity index (χ3v) is 8.11. The second kappa shape index (κ2) is 7.39. The molecule has 150 valence electrons. The SMILES string of the molecule is CC(O)[C@H]1C(=O)N2C(C(=O)O)=C(S[C@@H]3CCN(C4CCCNC4)C3)[C@H](C)[C@H]12. The van der Waals surface area contributed by atoms with Crippen LogP contribution in [0.4, 0.5) is 0 Å². The van der Waals surface area contributed by atoms with Crippen LogP contribution in [0.3, 0.4) is 0 Å². The highest BCUT2D eigenvalue weighted by molar-refractivity contribution is 8.03. The number of hydrogen-bond acceptors (Lipinski definition) is 6. The van der Waals surface area contributed by atoms with E-state index in [0.717, 1.165) is 37.5 Å². The summed E-state index contributed by atoms with van der Waals surface area (Å²) in [6.45, 7) is 7.78. The fraction of sp³-hybridized carbons (Fsp3) is 0.789. The van der Waals surface area contributed by atoms with Crippen LogP contribution < -0.4 is 5.32 Å². The molecule has 8 heteroatoms. The van der Waals surface area contributed by atoms with Gasteiger partial charge in [-0.05, 0) is 39.3 Å². The number of thioether (sulfide) groups is 1. The maximum absolute atomic E-state index is 12.4. The van der Waals surface area contributed by atoms with Gasteiger partial charge in [0.25, 0.3) is 0 Å². The molecule has 0 saturated carbocycles. The lowest BCUT2D eigenvalue weighted by atomic mass is 9.79. The Kier molecular flexibility index (Phi) is 5.26. The Labute approximate surface area is 164 Å². The van der Waals surface area contributed by atoms with Crippen molar-refractivity contribution in [3.05, 3.63) is 10.6 Å². The number of piperidine rings is 1. The largest absolute Gasteiger partial charge is 0.477 e. The number of aliphatic carboxylic acids is 1. The second-order valence-corrected chi connectivity index (χ2v) is 9.64. The fourth-order valence-corrected chi connectivity index (χ4v) is 6.68. The molecule has 0 aromatic heterocycles. The van der Waals surface area contributed by atoms with Crippen molar-refractivity contribution in [1.82, 2.24) is 15.1 Å². The molecule has 3 fully saturated rings. The Morgan fingerprint density at radius 1 is 1.37 bits per heavy atom. The quantitative estimate of drug-likeness (QED) is 0.590. The van der Waals surface area contributed by atoms with E-state index in [2.05, 4.69) is 10.2 Å². The van der Waals surface area contributed by atoms with Gasteiger partial charge in [0, 0.05) is 35.2 Å². The van der Waals surface area contributed by atoms with Crippen molar-refractivity contribution in [3.8, 4) is 0 Å². The third kappa shape index (κ3) is 3.20. The summed E-state index contributed by atoms with van der Waals surface area (Å²) in [7, 11) is 0. The van der Waals surface area contributed by atoms with Gasteiger partial charge in [0.15, 0.2) is 0 Å². The van der Waals surface area contributed by atoms with Gasteiger partial charge in [-0.25, -0.2) is 4.79 Å². The van der Waals surface area contributed by atoms with Crippen molar-refractivity contribution >= 4 is 23.6 Å². The molecule has 0 spiro atoms. The first-order valence-corrected chi connectivity index (χ1v) is 10.9. The van der Waals surface area contributed by atoms with Crippen LogP contribution >= 0.6 is 11.8 Å². The van der Waals surface area contributed by atoms with E-state index < -0.39 is 18.0 Å². The molecule has 0 aromatic rings. The van der Waals surface area contributed by atoms with Gasteiger partial charge in [0.05, 0.1) is 18.1 Å². The number of likely N-dealkylation sites (tertiary alicyclic amines) is 1. The predicted octanol–water partition coefficient (Wildman–Crippen LogP) is 0.700. The Morgan fingerprint density at radius 2 is 2.15 bits per heavy atom. The molecule has 27 heavy (non-hydrogen) atoms. The molecular weight excluding hydrogens is 366 g/mol. The van der Waals surface area contributed by atoms with Crippen molar-refractivity contribution in [1.29, 1.82) is 0 Å². The smallest absolute Gasteiger partial charge is 0.353 e. The van der Waals surface area contributed by atoms with Crippen LogP contribution in [-0.2, 0) is 9.59 Å². The van der Waals surface area contributed by atoms with E-state index in [4.69, 9.17) is 0 Å². The topological polar surface area (TPSA) is 93.1 Å². The van der Waals surface area contributed by atoms with Gasteiger partial charge in [-0.1, -0.05) is 6.92 Å². The standard InChI is InChI=1S/C19H29N3O4S/c1-10-15-14(11(2)23)18(24)22(15)16(19(25)26)17(10)27-13-5-7-21(9-13)12-4-3-6-20-8-12/h10-15,20,23H,3-9H2,1-2H3,(H,25,26)/t10-,11?,12?,13-,14-,15-/m1/s1. The minimum Gasteiger partial charge on any atom is -0.477 e. The highest BCUT2D eigenvalue weighted by Gasteiger charge is 2.60. The zero-order valence-electron chi connectivity index (χ0n) is 15.9. The van der Waals surface area contributed by atoms with Crippen LogP contribution in [0.2, 0.25) is 0 Å². The summed E-state index contributed by atoms with van der Waals surface area (Å²) in [5, 5.41) is 23.5. The molecule has 4 aliphatic heterocycles. The Morgan fingerprint density at radius 3 is 2.78 bits per heavy atom. The van der Waals surface area contributed by atoms with Crippen LogP contribution in [-0.4, -0.2) is 81.5 Å². The van der Waals surface area contributed by atoms with Gasteiger partial charge in [-0.15, -0.1) is 11.8 Å². The van der Waals surface area contributed by atoms with Crippen molar-refractivity contribution < 1.29 is 19.8 Å². The van der Waals surface area contributed by atoms with Gasteiger partial charge in [-0.3, -0.25) is 9.69 Å². The molecule has 0 radical (unpaired) electrons. The molecule has 0 aromatic carbocycles. The number of fused-ring (bicyclic) bond motifs is 1. The van der Waals surface area contributed by atoms with E-state index in [1.807, 2.05) is 6.92 Å². The Bertz CT molecular complexity index is 661.